The zero-order valence-electron chi connectivity index (χ0n) is 11.1. The smallest absolute Gasteiger partial charge is 0.326 e. The van der Waals surface area contributed by atoms with E-state index in [0.29, 0.717) is 0 Å². The van der Waals surface area contributed by atoms with Crippen molar-refractivity contribution < 1.29 is 36.3 Å². The number of nitrogens with one attached hydrogen (secondary N) is 1. The number of hydrogen-bond acceptors (Lipinski definition) is 3. The molecule has 0 saturated carbocycles. The Hall–Kier alpha value is -2.19. The van der Waals surface area contributed by atoms with Gasteiger partial charge in [-0.05, 0) is 13.8 Å². The lowest BCUT2D eigenvalue weighted by Gasteiger charge is -2.20. The molecule has 0 fully saturated rings. The summed E-state index contributed by atoms with van der Waals surface area (Å²) in [5.74, 6) is -15.6. The summed E-state index contributed by atoms with van der Waals surface area (Å²) in [5, 5.41) is 2.10. The first kappa shape index (κ1) is 16.9. The van der Waals surface area contributed by atoms with E-state index in [1.54, 1.807) is 0 Å². The highest BCUT2D eigenvalue weighted by Gasteiger charge is 2.39. The molecule has 116 valence electrons. The van der Waals surface area contributed by atoms with Gasteiger partial charge in [0.05, 0.1) is 0 Å². The Morgan fingerprint density at radius 2 is 1.29 bits per heavy atom. The third-order valence-electron chi connectivity index (χ3n) is 2.67. The van der Waals surface area contributed by atoms with Crippen LogP contribution in [0.15, 0.2) is 0 Å². The van der Waals surface area contributed by atoms with Crippen LogP contribution in [0.3, 0.4) is 0 Å². The van der Waals surface area contributed by atoms with Gasteiger partial charge in [0.25, 0.3) is 0 Å². The molecule has 4 nitrogen and oxygen atoms in total. The molecule has 0 atom stereocenters. The molecule has 1 amide bonds. The van der Waals surface area contributed by atoms with E-state index >= 15 is 0 Å². The molecule has 1 rings (SSSR count). The van der Waals surface area contributed by atoms with Crippen molar-refractivity contribution in [2.45, 2.75) is 13.8 Å². The summed E-state index contributed by atoms with van der Waals surface area (Å²) < 4.78 is 69.6. The van der Waals surface area contributed by atoms with Crippen LogP contribution in [0.1, 0.15) is 13.8 Å². The maximum absolute atomic E-state index is 13.3. The van der Waals surface area contributed by atoms with Gasteiger partial charge in [0, 0.05) is 7.05 Å². The normalized spacial score (nSPS) is 11.2. The van der Waals surface area contributed by atoms with Gasteiger partial charge in [-0.15, -0.1) is 0 Å². The van der Waals surface area contributed by atoms with Gasteiger partial charge in [0.15, 0.2) is 0 Å². The fourth-order valence-electron chi connectivity index (χ4n) is 1.30. The number of benzene rings is 1. The van der Waals surface area contributed by atoms with Crippen LogP contribution in [0, 0.1) is 34.5 Å². The lowest BCUT2D eigenvalue weighted by molar-refractivity contribution is -0.151. The average molecular weight is 311 g/mol. The number of rotatable bonds is 3. The Bertz CT molecular complexity index is 586. The van der Waals surface area contributed by atoms with Crippen molar-refractivity contribution in [1.29, 1.82) is 0 Å². The highest BCUT2D eigenvalue weighted by atomic mass is 19.2. The monoisotopic (exact) mass is 311 g/mol. The van der Waals surface area contributed by atoms with E-state index in [2.05, 4.69) is 10.1 Å². The fraction of sp³-hybridized carbons (Fsp3) is 0.333. The maximum atomic E-state index is 13.3. The van der Waals surface area contributed by atoms with Gasteiger partial charge in [0.2, 0.25) is 40.7 Å². The number of ether oxygens (including phenoxy) is 1. The number of carbonyl (C=O) groups excluding carboxylic acids is 2. The van der Waals surface area contributed by atoms with E-state index < -0.39 is 52.1 Å². The molecule has 0 unspecified atom stereocenters. The average Bonchev–Trinajstić information content (AvgIpc) is 2.46. The van der Waals surface area contributed by atoms with Crippen LogP contribution >= 0.6 is 0 Å². The summed E-state index contributed by atoms with van der Waals surface area (Å²) in [6, 6.07) is 0. The summed E-state index contributed by atoms with van der Waals surface area (Å²) in [7, 11) is 1.19. The van der Waals surface area contributed by atoms with Crippen molar-refractivity contribution in [3.05, 3.63) is 29.1 Å². The maximum Gasteiger partial charge on any atom is 0.326 e. The number of amides is 1. The molecule has 1 aromatic carbocycles. The van der Waals surface area contributed by atoms with Gasteiger partial charge in [-0.25, -0.2) is 13.2 Å². The van der Waals surface area contributed by atoms with Crippen molar-refractivity contribution in [2.75, 3.05) is 7.05 Å². The van der Waals surface area contributed by atoms with Gasteiger partial charge in [-0.3, -0.25) is 9.59 Å². The van der Waals surface area contributed by atoms with E-state index in [1.807, 2.05) is 0 Å². The fourth-order valence-corrected chi connectivity index (χ4v) is 1.30. The van der Waals surface area contributed by atoms with E-state index in [-0.39, 0.29) is 0 Å². The Morgan fingerprint density at radius 3 is 1.67 bits per heavy atom. The summed E-state index contributed by atoms with van der Waals surface area (Å²) >= 11 is 0. The molecule has 0 aliphatic carbocycles. The zero-order valence-corrected chi connectivity index (χ0v) is 11.1. The van der Waals surface area contributed by atoms with Gasteiger partial charge >= 0.3 is 5.97 Å². The van der Waals surface area contributed by atoms with E-state index in [1.165, 1.54) is 7.05 Å². The van der Waals surface area contributed by atoms with Crippen LogP contribution in [0.25, 0.3) is 0 Å². The third kappa shape index (κ3) is 2.81. The van der Waals surface area contributed by atoms with Crippen molar-refractivity contribution in [3.8, 4) is 5.75 Å². The Kier molecular flexibility index (Phi) is 4.55. The minimum atomic E-state index is -2.38. The van der Waals surface area contributed by atoms with E-state index in [0.717, 1.165) is 13.8 Å². The largest absolute Gasteiger partial charge is 0.419 e. The molecule has 9 heteroatoms. The molecule has 0 bridgehead atoms. The molecule has 0 heterocycles. The van der Waals surface area contributed by atoms with Crippen LogP contribution in [0.5, 0.6) is 5.75 Å². The Morgan fingerprint density at radius 1 is 0.905 bits per heavy atom. The summed E-state index contributed by atoms with van der Waals surface area (Å²) in [6.07, 6.45) is 0. The summed E-state index contributed by atoms with van der Waals surface area (Å²) in [4.78, 5) is 23.1. The van der Waals surface area contributed by atoms with Crippen LogP contribution in [0.2, 0.25) is 0 Å². The van der Waals surface area contributed by atoms with Crippen LogP contribution in [-0.4, -0.2) is 18.9 Å². The molecule has 1 aromatic rings. The second-order valence-corrected chi connectivity index (χ2v) is 4.49. The Labute approximate surface area is 115 Å². The van der Waals surface area contributed by atoms with Crippen LogP contribution < -0.4 is 10.1 Å². The lowest BCUT2D eigenvalue weighted by Crippen LogP contribution is -2.43. The molecule has 1 N–H and O–H groups in total. The number of hydrogen-bond donors (Lipinski definition) is 1. The molecule has 0 aromatic heterocycles. The Balaban J connectivity index is 3.27. The van der Waals surface area contributed by atoms with Crippen LogP contribution in [-0.2, 0) is 9.59 Å². The van der Waals surface area contributed by atoms with E-state index in [4.69, 9.17) is 0 Å². The molecular weight excluding hydrogens is 301 g/mol. The standard InChI is InChI=1S/C12H10F5NO3/c1-12(2,10(19)18-3)11(20)21-9-7(16)5(14)4(13)6(15)8(9)17/h1-3H3,(H,18,19). The first-order chi connectivity index (χ1) is 9.55. The number of carbonyl (C=O) groups is 2. The molecule has 0 aliphatic heterocycles. The summed E-state index contributed by atoms with van der Waals surface area (Å²) in [5.41, 5.74) is -1.89. The molecular formula is C12H10F5NO3. The molecule has 0 aliphatic rings. The summed E-state index contributed by atoms with van der Waals surface area (Å²) in [6.45, 7) is 2.11. The first-order valence-electron chi connectivity index (χ1n) is 5.51. The highest BCUT2D eigenvalue weighted by Crippen LogP contribution is 2.31. The molecule has 0 spiro atoms. The second-order valence-electron chi connectivity index (χ2n) is 4.49. The minimum Gasteiger partial charge on any atom is -0.419 e. The first-order valence-corrected chi connectivity index (χ1v) is 5.51. The van der Waals surface area contributed by atoms with Crippen molar-refractivity contribution in [1.82, 2.24) is 5.32 Å². The van der Waals surface area contributed by atoms with Crippen molar-refractivity contribution in [3.63, 3.8) is 0 Å². The van der Waals surface area contributed by atoms with Crippen LogP contribution in [0.4, 0.5) is 22.0 Å². The van der Waals surface area contributed by atoms with Gasteiger partial charge in [-0.2, -0.15) is 8.78 Å². The predicted octanol–water partition coefficient (Wildman–Crippen LogP) is 2.06. The van der Waals surface area contributed by atoms with Crippen molar-refractivity contribution >= 4 is 11.9 Å². The quantitative estimate of drug-likeness (QED) is 0.232. The zero-order chi connectivity index (χ0) is 16.5. The SMILES string of the molecule is CNC(=O)C(C)(C)C(=O)Oc1c(F)c(F)c(F)c(F)c1F. The van der Waals surface area contributed by atoms with E-state index in [9.17, 15) is 31.5 Å². The number of halogens is 5. The topological polar surface area (TPSA) is 55.4 Å². The predicted molar refractivity (Wildman–Crippen MR) is 59.7 cm³/mol. The minimum absolute atomic E-state index is 0.864. The second kappa shape index (κ2) is 5.66. The molecule has 0 saturated heterocycles. The molecule has 21 heavy (non-hydrogen) atoms. The molecule has 0 radical (unpaired) electrons. The lowest BCUT2D eigenvalue weighted by atomic mass is 9.92. The third-order valence-corrected chi connectivity index (χ3v) is 2.67. The van der Waals surface area contributed by atoms with Gasteiger partial charge in [-0.1, -0.05) is 0 Å². The van der Waals surface area contributed by atoms with Gasteiger partial charge < -0.3 is 10.1 Å². The van der Waals surface area contributed by atoms with Gasteiger partial charge in [0.1, 0.15) is 5.41 Å². The number of esters is 1. The highest BCUT2D eigenvalue weighted by molar-refractivity contribution is 6.02. The van der Waals surface area contributed by atoms with Crippen molar-refractivity contribution in [2.24, 2.45) is 5.41 Å².